The Morgan fingerprint density at radius 1 is 1.10 bits per heavy atom. The van der Waals surface area contributed by atoms with Gasteiger partial charge in [-0.1, -0.05) is 23.5 Å². The molecule has 39 heavy (non-hydrogen) atoms. The van der Waals surface area contributed by atoms with Crippen LogP contribution in [0.5, 0.6) is 17.2 Å². The summed E-state index contributed by atoms with van der Waals surface area (Å²) in [6.45, 7) is 4.41. The molecular formula is C30H26N2O6S. The number of ketones is 1. The lowest BCUT2D eigenvalue weighted by Gasteiger charge is -2.23. The number of hydrogen-bond donors (Lipinski definition) is 1. The van der Waals surface area contributed by atoms with Crippen LogP contribution in [0.2, 0.25) is 0 Å². The zero-order chi connectivity index (χ0) is 27.3. The predicted octanol–water partition coefficient (Wildman–Crippen LogP) is 5.65. The van der Waals surface area contributed by atoms with Crippen molar-refractivity contribution in [2.75, 3.05) is 18.6 Å². The van der Waals surface area contributed by atoms with Gasteiger partial charge in [0.15, 0.2) is 5.13 Å². The van der Waals surface area contributed by atoms with Gasteiger partial charge in [0.25, 0.3) is 5.78 Å². The van der Waals surface area contributed by atoms with Gasteiger partial charge < -0.3 is 19.3 Å². The molecule has 3 heterocycles. The number of nitrogens with zero attached hydrogens (tertiary/aromatic N) is 2. The molecule has 0 aliphatic carbocycles. The molecule has 1 amide bonds. The van der Waals surface area contributed by atoms with Gasteiger partial charge in [0, 0.05) is 12.0 Å². The summed E-state index contributed by atoms with van der Waals surface area (Å²) in [5.74, 6) is 0.328. The number of anilines is 1. The number of rotatable bonds is 6. The van der Waals surface area contributed by atoms with Crippen LogP contribution in [0, 0.1) is 0 Å². The fourth-order valence-electron chi connectivity index (χ4n) is 5.11. The number of fused-ring (bicyclic) bond motifs is 2. The Bertz CT molecular complexity index is 1640. The molecule has 1 saturated heterocycles. The Morgan fingerprint density at radius 2 is 1.87 bits per heavy atom. The Labute approximate surface area is 229 Å². The number of aliphatic hydroxyl groups is 1. The third-order valence-electron chi connectivity index (χ3n) is 6.91. The average molecular weight is 543 g/mol. The van der Waals surface area contributed by atoms with Gasteiger partial charge in [0.1, 0.15) is 29.1 Å². The third kappa shape index (κ3) is 4.28. The van der Waals surface area contributed by atoms with Crippen molar-refractivity contribution in [1.29, 1.82) is 0 Å². The Morgan fingerprint density at radius 3 is 2.62 bits per heavy atom. The van der Waals surface area contributed by atoms with E-state index in [2.05, 4.69) is 4.98 Å². The van der Waals surface area contributed by atoms with Crippen LogP contribution in [-0.4, -0.2) is 41.6 Å². The second-order valence-electron chi connectivity index (χ2n) is 9.46. The van der Waals surface area contributed by atoms with Crippen LogP contribution in [-0.2, 0) is 16.0 Å². The van der Waals surface area contributed by atoms with Crippen LogP contribution in [0.25, 0.3) is 16.0 Å². The van der Waals surface area contributed by atoms with E-state index in [0.717, 1.165) is 16.0 Å². The van der Waals surface area contributed by atoms with Crippen molar-refractivity contribution in [1.82, 2.24) is 4.98 Å². The molecule has 8 nitrogen and oxygen atoms in total. The highest BCUT2D eigenvalue weighted by molar-refractivity contribution is 7.22. The zero-order valence-electron chi connectivity index (χ0n) is 21.6. The SMILES string of the molecule is CCOc1ccc2nc(N3C(=O)C(=O)C(=C(O)c4ccc5c(c4)CC(C)O5)C3c3ccc(OC)cc3)sc2c1. The number of hydrogen-bond acceptors (Lipinski definition) is 8. The fraction of sp³-hybridized carbons (Fsp3) is 0.233. The number of amides is 1. The van der Waals surface area contributed by atoms with E-state index < -0.39 is 17.7 Å². The molecule has 0 radical (unpaired) electrons. The van der Waals surface area contributed by atoms with Crippen LogP contribution in [0.4, 0.5) is 5.13 Å². The Kier molecular flexibility index (Phi) is 6.23. The van der Waals surface area contributed by atoms with E-state index in [-0.39, 0.29) is 17.4 Å². The maximum Gasteiger partial charge on any atom is 0.301 e. The zero-order valence-corrected chi connectivity index (χ0v) is 22.5. The van der Waals surface area contributed by atoms with E-state index in [4.69, 9.17) is 14.2 Å². The monoisotopic (exact) mass is 542 g/mol. The van der Waals surface area contributed by atoms with Gasteiger partial charge in [-0.15, -0.1) is 0 Å². The first-order valence-corrected chi connectivity index (χ1v) is 13.5. The van der Waals surface area contributed by atoms with E-state index in [1.807, 2.05) is 38.1 Å². The lowest BCUT2D eigenvalue weighted by Crippen LogP contribution is -2.29. The van der Waals surface area contributed by atoms with Crippen molar-refractivity contribution in [3.05, 3.63) is 82.9 Å². The van der Waals surface area contributed by atoms with Crippen LogP contribution < -0.4 is 19.1 Å². The number of aromatic nitrogens is 1. The van der Waals surface area contributed by atoms with Crippen molar-refractivity contribution in [3.63, 3.8) is 0 Å². The van der Waals surface area contributed by atoms with Crippen molar-refractivity contribution in [3.8, 4) is 17.2 Å². The van der Waals surface area contributed by atoms with Crippen LogP contribution in [0.3, 0.4) is 0 Å². The van der Waals surface area contributed by atoms with Crippen molar-refractivity contribution in [2.24, 2.45) is 0 Å². The normalized spacial score (nSPS) is 19.8. The first kappa shape index (κ1) is 24.9. The van der Waals surface area contributed by atoms with Crippen molar-refractivity contribution >= 4 is 44.1 Å². The minimum absolute atomic E-state index is 0.00587. The quantitative estimate of drug-likeness (QED) is 0.191. The molecule has 4 aromatic rings. The smallest absolute Gasteiger partial charge is 0.301 e. The minimum atomic E-state index is -0.883. The molecule has 1 fully saturated rings. The maximum absolute atomic E-state index is 13.6. The summed E-state index contributed by atoms with van der Waals surface area (Å²) in [6, 6.07) is 17.0. The molecule has 9 heteroatoms. The first-order valence-electron chi connectivity index (χ1n) is 12.7. The van der Waals surface area contributed by atoms with Crippen molar-refractivity contribution < 1.29 is 28.9 Å². The molecule has 1 aromatic heterocycles. The molecule has 0 spiro atoms. The molecule has 1 N–H and O–H groups in total. The summed E-state index contributed by atoms with van der Waals surface area (Å²) in [5, 5.41) is 11.9. The number of aliphatic hydroxyl groups excluding tert-OH is 1. The lowest BCUT2D eigenvalue weighted by atomic mass is 9.94. The topological polar surface area (TPSA) is 98.2 Å². The van der Waals surface area contributed by atoms with Crippen molar-refractivity contribution in [2.45, 2.75) is 32.4 Å². The van der Waals surface area contributed by atoms with E-state index in [9.17, 15) is 14.7 Å². The Balaban J connectivity index is 1.50. The number of carbonyl (C=O) groups excluding carboxylic acids is 2. The molecule has 0 bridgehead atoms. The van der Waals surface area contributed by atoms with Gasteiger partial charge in [-0.25, -0.2) is 4.98 Å². The van der Waals surface area contributed by atoms with Gasteiger partial charge in [0.2, 0.25) is 0 Å². The van der Waals surface area contributed by atoms with Gasteiger partial charge >= 0.3 is 5.91 Å². The molecule has 0 saturated carbocycles. The Hall–Kier alpha value is -4.37. The van der Waals surface area contributed by atoms with Crippen LogP contribution >= 0.6 is 11.3 Å². The highest BCUT2D eigenvalue weighted by atomic mass is 32.1. The molecule has 6 rings (SSSR count). The highest BCUT2D eigenvalue weighted by Gasteiger charge is 2.48. The number of thiazole rings is 1. The molecule has 3 aromatic carbocycles. The van der Waals surface area contributed by atoms with E-state index in [0.29, 0.717) is 46.3 Å². The third-order valence-corrected chi connectivity index (χ3v) is 7.93. The second kappa shape index (κ2) is 9.74. The van der Waals surface area contributed by atoms with Gasteiger partial charge in [-0.2, -0.15) is 0 Å². The number of carbonyl (C=O) groups is 2. The molecule has 2 atom stereocenters. The van der Waals surface area contributed by atoms with Gasteiger partial charge in [0.05, 0.1) is 35.5 Å². The number of methoxy groups -OCH3 is 1. The van der Waals surface area contributed by atoms with Gasteiger partial charge in [-0.3, -0.25) is 14.5 Å². The van der Waals surface area contributed by atoms with Gasteiger partial charge in [-0.05, 0) is 73.5 Å². The molecule has 2 unspecified atom stereocenters. The van der Waals surface area contributed by atoms with E-state index in [1.165, 1.54) is 16.2 Å². The molecular weight excluding hydrogens is 516 g/mol. The number of ether oxygens (including phenoxy) is 3. The van der Waals surface area contributed by atoms with E-state index in [1.54, 1.807) is 43.5 Å². The summed E-state index contributed by atoms with van der Waals surface area (Å²) < 4.78 is 17.5. The summed E-state index contributed by atoms with van der Waals surface area (Å²) in [5.41, 5.74) is 2.73. The summed E-state index contributed by atoms with van der Waals surface area (Å²) in [4.78, 5) is 33.2. The summed E-state index contributed by atoms with van der Waals surface area (Å²) in [6.07, 6.45) is 0.729. The first-order chi connectivity index (χ1) is 18.9. The molecule has 2 aliphatic rings. The fourth-order valence-corrected chi connectivity index (χ4v) is 6.13. The second-order valence-corrected chi connectivity index (χ2v) is 10.5. The number of Topliss-reactive ketones (excluding diaryl/α,β-unsaturated/α-hetero) is 1. The standard InChI is InChI=1S/C30H26N2O6S/c1-4-37-21-10-11-22-24(15-21)39-30(31-22)32-26(17-5-8-20(36-3)9-6-17)25(28(34)29(32)35)27(33)18-7-12-23-19(14-18)13-16(2)38-23/h5-12,14-16,26,33H,4,13H2,1-3H3. The summed E-state index contributed by atoms with van der Waals surface area (Å²) >= 11 is 1.29. The average Bonchev–Trinajstić information content (AvgIpc) is 3.60. The van der Waals surface area contributed by atoms with E-state index >= 15 is 0 Å². The maximum atomic E-state index is 13.6. The highest BCUT2D eigenvalue weighted by Crippen LogP contribution is 2.45. The lowest BCUT2D eigenvalue weighted by molar-refractivity contribution is -0.132. The summed E-state index contributed by atoms with van der Waals surface area (Å²) in [7, 11) is 1.57. The molecule has 198 valence electrons. The largest absolute Gasteiger partial charge is 0.507 e. The van der Waals surface area contributed by atoms with Crippen LogP contribution in [0.15, 0.2) is 66.2 Å². The predicted molar refractivity (Wildman–Crippen MR) is 149 cm³/mol. The van der Waals surface area contributed by atoms with Crippen LogP contribution in [0.1, 0.15) is 36.6 Å². The molecule has 2 aliphatic heterocycles. The minimum Gasteiger partial charge on any atom is -0.507 e. The number of benzene rings is 3.